The van der Waals surface area contributed by atoms with Gasteiger partial charge >= 0.3 is 5.97 Å². The van der Waals surface area contributed by atoms with Crippen molar-refractivity contribution in [2.24, 2.45) is 0 Å². The maximum Gasteiger partial charge on any atom is 0.358 e. The summed E-state index contributed by atoms with van der Waals surface area (Å²) in [6.07, 6.45) is 3.01. The molecule has 0 aliphatic carbocycles. The Kier molecular flexibility index (Phi) is 3.23. The van der Waals surface area contributed by atoms with Gasteiger partial charge in [0.25, 0.3) is 5.91 Å². The van der Waals surface area contributed by atoms with Crippen LogP contribution in [0.4, 0.5) is 0 Å². The number of hydrogen-bond donors (Lipinski definition) is 1. The Morgan fingerprint density at radius 1 is 1.17 bits per heavy atom. The highest BCUT2D eigenvalue weighted by Gasteiger charge is 2.34. The number of carbonyl (C=O) groups is 2. The standard InChI is InChI=1S/C16H13N5O3/c22-15(12-5-6-17-13-4-2-1-3-11(12)13)20-7-10(8-20)21-9-14(16(23)24)18-19-21/h1-6,9-10H,7-8H2,(H,23,24). The van der Waals surface area contributed by atoms with Gasteiger partial charge in [-0.15, -0.1) is 5.10 Å². The number of amides is 1. The third-order valence-corrected chi connectivity index (χ3v) is 4.13. The van der Waals surface area contributed by atoms with Crippen molar-refractivity contribution >= 4 is 22.8 Å². The molecule has 1 fully saturated rings. The SMILES string of the molecule is O=C(O)c1cn(C2CN(C(=O)c3ccnc4ccccc34)C2)nn1. The first-order valence-corrected chi connectivity index (χ1v) is 7.41. The van der Waals surface area contributed by atoms with Crippen molar-refractivity contribution in [3.8, 4) is 0 Å². The molecular weight excluding hydrogens is 310 g/mol. The fraction of sp³-hybridized carbons (Fsp3) is 0.188. The van der Waals surface area contributed by atoms with E-state index in [-0.39, 0.29) is 17.6 Å². The average molecular weight is 323 g/mol. The number of carboxylic acid groups (broad SMARTS) is 1. The van der Waals surface area contributed by atoms with Gasteiger partial charge in [-0.05, 0) is 12.1 Å². The molecule has 1 aromatic carbocycles. The molecule has 0 unspecified atom stereocenters. The molecule has 8 nitrogen and oxygen atoms in total. The van der Waals surface area contributed by atoms with Crippen molar-refractivity contribution in [2.45, 2.75) is 6.04 Å². The Hall–Kier alpha value is -3.29. The fourth-order valence-corrected chi connectivity index (χ4v) is 2.79. The normalized spacial score (nSPS) is 14.6. The number of aromatic carboxylic acids is 1. The predicted octanol–water partition coefficient (Wildman–Crippen LogP) is 1.22. The molecule has 1 aliphatic heterocycles. The summed E-state index contributed by atoms with van der Waals surface area (Å²) in [5.74, 6) is -1.18. The molecule has 2 aromatic heterocycles. The lowest BCUT2D eigenvalue weighted by molar-refractivity contribution is 0.0499. The van der Waals surface area contributed by atoms with E-state index < -0.39 is 5.97 Å². The van der Waals surface area contributed by atoms with Gasteiger partial charge in [0.2, 0.25) is 0 Å². The Morgan fingerprint density at radius 3 is 2.71 bits per heavy atom. The monoisotopic (exact) mass is 323 g/mol. The van der Waals surface area contributed by atoms with Crippen LogP contribution in [-0.4, -0.2) is 55.0 Å². The van der Waals surface area contributed by atoms with Gasteiger partial charge in [0.05, 0.1) is 23.3 Å². The van der Waals surface area contributed by atoms with Gasteiger partial charge in [-0.25, -0.2) is 9.48 Å². The molecule has 1 amide bonds. The van der Waals surface area contributed by atoms with E-state index in [9.17, 15) is 9.59 Å². The topological polar surface area (TPSA) is 101 Å². The van der Waals surface area contributed by atoms with Gasteiger partial charge in [-0.3, -0.25) is 9.78 Å². The van der Waals surface area contributed by atoms with Crippen molar-refractivity contribution in [1.82, 2.24) is 24.9 Å². The third-order valence-electron chi connectivity index (χ3n) is 4.13. The van der Waals surface area contributed by atoms with Crippen molar-refractivity contribution in [1.29, 1.82) is 0 Å². The zero-order valence-corrected chi connectivity index (χ0v) is 12.5. The molecule has 1 N–H and O–H groups in total. The highest BCUT2D eigenvalue weighted by atomic mass is 16.4. The van der Waals surface area contributed by atoms with E-state index in [2.05, 4.69) is 15.3 Å². The molecule has 24 heavy (non-hydrogen) atoms. The summed E-state index contributed by atoms with van der Waals surface area (Å²) < 4.78 is 1.50. The molecule has 0 radical (unpaired) electrons. The molecule has 3 aromatic rings. The van der Waals surface area contributed by atoms with Crippen molar-refractivity contribution in [3.63, 3.8) is 0 Å². The summed E-state index contributed by atoms with van der Waals surface area (Å²) >= 11 is 0. The summed E-state index contributed by atoms with van der Waals surface area (Å²) in [6, 6.07) is 9.17. The smallest absolute Gasteiger partial charge is 0.358 e. The lowest BCUT2D eigenvalue weighted by Gasteiger charge is -2.39. The van der Waals surface area contributed by atoms with Gasteiger partial charge in [-0.1, -0.05) is 23.4 Å². The van der Waals surface area contributed by atoms with Gasteiger partial charge in [-0.2, -0.15) is 0 Å². The average Bonchev–Trinajstić information content (AvgIpc) is 3.02. The van der Waals surface area contributed by atoms with Gasteiger partial charge in [0, 0.05) is 24.7 Å². The molecule has 0 saturated carbocycles. The number of aromatic nitrogens is 4. The van der Waals surface area contributed by atoms with E-state index in [4.69, 9.17) is 5.11 Å². The van der Waals surface area contributed by atoms with Crippen molar-refractivity contribution in [2.75, 3.05) is 13.1 Å². The summed E-state index contributed by atoms with van der Waals surface area (Å²) in [5.41, 5.74) is 1.30. The second kappa shape index (κ2) is 5.41. The Balaban J connectivity index is 1.52. The van der Waals surface area contributed by atoms with Crippen LogP contribution >= 0.6 is 0 Å². The molecule has 0 spiro atoms. The third kappa shape index (κ3) is 2.28. The second-order valence-electron chi connectivity index (χ2n) is 5.63. The molecule has 8 heteroatoms. The largest absolute Gasteiger partial charge is 0.476 e. The van der Waals surface area contributed by atoms with E-state index in [0.29, 0.717) is 18.7 Å². The van der Waals surface area contributed by atoms with Crippen LogP contribution in [0.15, 0.2) is 42.7 Å². The number of fused-ring (bicyclic) bond motifs is 1. The van der Waals surface area contributed by atoms with E-state index in [1.54, 1.807) is 17.2 Å². The lowest BCUT2D eigenvalue weighted by Crippen LogP contribution is -2.51. The molecule has 4 rings (SSSR count). The maximum atomic E-state index is 12.7. The van der Waals surface area contributed by atoms with Crippen LogP contribution in [0.5, 0.6) is 0 Å². The first kappa shape index (κ1) is 14.3. The van der Waals surface area contributed by atoms with Crippen LogP contribution in [0, 0.1) is 0 Å². The minimum atomic E-state index is -1.11. The number of rotatable bonds is 3. The Bertz CT molecular complexity index is 940. The number of likely N-dealkylation sites (tertiary alicyclic amines) is 1. The van der Waals surface area contributed by atoms with Crippen LogP contribution in [0.3, 0.4) is 0 Å². The molecule has 120 valence electrons. The second-order valence-corrected chi connectivity index (χ2v) is 5.63. The number of nitrogens with zero attached hydrogens (tertiary/aromatic N) is 5. The number of pyridine rings is 1. The summed E-state index contributed by atoms with van der Waals surface area (Å²) in [4.78, 5) is 29.5. The zero-order valence-electron chi connectivity index (χ0n) is 12.5. The lowest BCUT2D eigenvalue weighted by atomic mass is 10.0. The van der Waals surface area contributed by atoms with Crippen LogP contribution in [0.2, 0.25) is 0 Å². The highest BCUT2D eigenvalue weighted by molar-refractivity contribution is 6.06. The van der Waals surface area contributed by atoms with Crippen molar-refractivity contribution < 1.29 is 14.7 Å². The molecular formula is C16H13N5O3. The molecule has 1 saturated heterocycles. The number of para-hydroxylation sites is 1. The highest BCUT2D eigenvalue weighted by Crippen LogP contribution is 2.25. The van der Waals surface area contributed by atoms with E-state index >= 15 is 0 Å². The van der Waals surface area contributed by atoms with Gasteiger partial charge < -0.3 is 10.0 Å². The molecule has 0 atom stereocenters. The minimum Gasteiger partial charge on any atom is -0.476 e. The van der Waals surface area contributed by atoms with Crippen LogP contribution in [0.25, 0.3) is 10.9 Å². The quantitative estimate of drug-likeness (QED) is 0.778. The van der Waals surface area contributed by atoms with Crippen LogP contribution in [0.1, 0.15) is 26.9 Å². The summed E-state index contributed by atoms with van der Waals surface area (Å²) in [7, 11) is 0. The number of carbonyl (C=O) groups excluding carboxylic acids is 1. The molecule has 1 aliphatic rings. The zero-order chi connectivity index (χ0) is 16.7. The Morgan fingerprint density at radius 2 is 1.96 bits per heavy atom. The number of carboxylic acids is 1. The molecule has 3 heterocycles. The first-order valence-electron chi connectivity index (χ1n) is 7.41. The minimum absolute atomic E-state index is 0.0531. The fourth-order valence-electron chi connectivity index (χ4n) is 2.79. The maximum absolute atomic E-state index is 12.7. The van der Waals surface area contributed by atoms with Gasteiger partial charge in [0.15, 0.2) is 5.69 Å². The van der Waals surface area contributed by atoms with E-state index in [0.717, 1.165) is 10.9 Å². The van der Waals surface area contributed by atoms with Crippen molar-refractivity contribution in [3.05, 3.63) is 54.0 Å². The number of hydrogen-bond acceptors (Lipinski definition) is 5. The van der Waals surface area contributed by atoms with Crippen LogP contribution in [-0.2, 0) is 0 Å². The van der Waals surface area contributed by atoms with E-state index in [1.807, 2.05) is 24.3 Å². The summed E-state index contributed by atoms with van der Waals surface area (Å²) in [5, 5.41) is 17.1. The number of benzene rings is 1. The van der Waals surface area contributed by atoms with E-state index in [1.165, 1.54) is 10.9 Å². The predicted molar refractivity (Wildman–Crippen MR) is 83.7 cm³/mol. The van der Waals surface area contributed by atoms with Gasteiger partial charge in [0.1, 0.15) is 0 Å². The first-order chi connectivity index (χ1) is 11.6. The molecule has 0 bridgehead atoms. The van der Waals surface area contributed by atoms with Crippen LogP contribution < -0.4 is 0 Å². The summed E-state index contributed by atoms with van der Waals surface area (Å²) in [6.45, 7) is 0.940. The Labute approximate surface area is 136 Å².